The number of aliphatic hydroxyl groups is 2. The average molecular weight is 360 g/mol. The van der Waals surface area contributed by atoms with Gasteiger partial charge in [-0.15, -0.1) is 11.3 Å². The van der Waals surface area contributed by atoms with Crippen LogP contribution in [0.25, 0.3) is 20.2 Å². The van der Waals surface area contributed by atoms with Crippen LogP contribution in [0.5, 0.6) is 5.75 Å². The van der Waals surface area contributed by atoms with Gasteiger partial charge in [0.2, 0.25) is 0 Å². The molecule has 0 saturated carbocycles. The monoisotopic (exact) mass is 360 g/mol. The molecular weight excluding hydrogens is 344 g/mol. The number of aliphatic hydroxyl groups excluding tert-OH is 2. The fraction of sp³-hybridized carbons (Fsp3) is 0.222. The molecule has 0 aliphatic carbocycles. The first-order valence-corrected chi connectivity index (χ1v) is 8.43. The normalized spacial score (nSPS) is 12.2. The molecular formula is C18H16O6S. The minimum atomic E-state index is -1.11. The molecule has 2 N–H and O–H groups in total. The number of esters is 1. The van der Waals surface area contributed by atoms with Crippen molar-refractivity contribution in [2.24, 2.45) is 0 Å². The smallest absolute Gasteiger partial charge is 0.344 e. The molecule has 2 aromatic carbocycles. The van der Waals surface area contributed by atoms with E-state index < -0.39 is 18.7 Å². The summed E-state index contributed by atoms with van der Waals surface area (Å²) in [5.41, 5.74) is -0.0801. The SMILES string of the molecule is O=C(COc1ccc2sc3ccccc3c(=O)c2c1)OCC(O)CO. The maximum atomic E-state index is 12.6. The van der Waals surface area contributed by atoms with E-state index in [4.69, 9.17) is 19.7 Å². The van der Waals surface area contributed by atoms with Gasteiger partial charge in [-0.3, -0.25) is 4.79 Å². The highest BCUT2D eigenvalue weighted by Crippen LogP contribution is 2.27. The molecule has 25 heavy (non-hydrogen) atoms. The van der Waals surface area contributed by atoms with Crippen LogP contribution in [0, 0.1) is 0 Å². The lowest BCUT2D eigenvalue weighted by atomic mass is 10.2. The first-order valence-electron chi connectivity index (χ1n) is 7.61. The Labute approximate surface area is 146 Å². The number of benzene rings is 2. The van der Waals surface area contributed by atoms with Gasteiger partial charge in [0.05, 0.1) is 6.61 Å². The number of ether oxygens (including phenoxy) is 2. The second-order valence-electron chi connectivity index (χ2n) is 5.39. The van der Waals surface area contributed by atoms with E-state index in [9.17, 15) is 9.59 Å². The van der Waals surface area contributed by atoms with Crippen molar-refractivity contribution < 1.29 is 24.5 Å². The van der Waals surface area contributed by atoms with E-state index in [-0.39, 0.29) is 18.6 Å². The Morgan fingerprint density at radius 3 is 2.68 bits per heavy atom. The summed E-state index contributed by atoms with van der Waals surface area (Å²) in [6.45, 7) is -1.14. The van der Waals surface area contributed by atoms with E-state index >= 15 is 0 Å². The molecule has 0 spiro atoms. The van der Waals surface area contributed by atoms with Crippen LogP contribution >= 0.6 is 11.3 Å². The Morgan fingerprint density at radius 2 is 1.88 bits per heavy atom. The van der Waals surface area contributed by atoms with E-state index in [1.165, 1.54) is 11.3 Å². The summed E-state index contributed by atoms with van der Waals surface area (Å²) in [5.74, 6) is -0.289. The average Bonchev–Trinajstić information content (AvgIpc) is 2.64. The second-order valence-corrected chi connectivity index (χ2v) is 6.48. The van der Waals surface area contributed by atoms with Gasteiger partial charge >= 0.3 is 5.97 Å². The Balaban J connectivity index is 1.77. The van der Waals surface area contributed by atoms with Crippen molar-refractivity contribution in [2.75, 3.05) is 19.8 Å². The fourth-order valence-electron chi connectivity index (χ4n) is 2.30. The molecule has 0 aliphatic heterocycles. The van der Waals surface area contributed by atoms with E-state index in [1.807, 2.05) is 18.2 Å². The highest BCUT2D eigenvalue weighted by Gasteiger charge is 2.10. The predicted molar refractivity (Wildman–Crippen MR) is 95.1 cm³/mol. The van der Waals surface area contributed by atoms with Crippen molar-refractivity contribution in [1.82, 2.24) is 0 Å². The largest absolute Gasteiger partial charge is 0.482 e. The van der Waals surface area contributed by atoms with Crippen LogP contribution in [0.15, 0.2) is 47.3 Å². The van der Waals surface area contributed by atoms with E-state index in [1.54, 1.807) is 24.3 Å². The molecule has 6 nitrogen and oxygen atoms in total. The predicted octanol–water partition coefficient (Wildman–Crippen LogP) is 1.69. The van der Waals surface area contributed by atoms with Gasteiger partial charge in [-0.1, -0.05) is 12.1 Å². The highest BCUT2D eigenvalue weighted by molar-refractivity contribution is 7.24. The first kappa shape index (κ1) is 17.3. The van der Waals surface area contributed by atoms with Crippen LogP contribution in [0.4, 0.5) is 0 Å². The molecule has 130 valence electrons. The Hall–Kier alpha value is -2.48. The third-order valence-corrected chi connectivity index (χ3v) is 4.70. The van der Waals surface area contributed by atoms with Gasteiger partial charge in [0.25, 0.3) is 0 Å². The lowest BCUT2D eigenvalue weighted by Crippen LogP contribution is -2.24. The standard InChI is InChI=1S/C18H16O6S/c19-8-11(20)9-24-17(21)10-23-12-5-6-16-14(7-12)18(22)13-3-1-2-4-15(13)25-16/h1-7,11,19-20H,8-10H2. The Morgan fingerprint density at radius 1 is 1.12 bits per heavy atom. The van der Waals surface area contributed by atoms with Gasteiger partial charge in [-0.05, 0) is 30.3 Å². The molecule has 0 bridgehead atoms. The third-order valence-electron chi connectivity index (χ3n) is 3.55. The molecule has 1 aromatic heterocycles. The van der Waals surface area contributed by atoms with Crippen molar-refractivity contribution in [1.29, 1.82) is 0 Å². The molecule has 7 heteroatoms. The molecule has 0 fully saturated rings. The zero-order valence-corrected chi connectivity index (χ0v) is 14.0. The molecule has 0 amide bonds. The molecule has 0 aliphatic rings. The topological polar surface area (TPSA) is 93.1 Å². The van der Waals surface area contributed by atoms with Crippen LogP contribution < -0.4 is 10.2 Å². The second kappa shape index (κ2) is 7.60. The molecule has 3 rings (SSSR count). The lowest BCUT2D eigenvalue weighted by molar-refractivity contribution is -0.149. The van der Waals surface area contributed by atoms with Gasteiger partial charge in [-0.25, -0.2) is 4.79 Å². The van der Waals surface area contributed by atoms with Gasteiger partial charge in [0, 0.05) is 20.2 Å². The van der Waals surface area contributed by atoms with Crippen molar-refractivity contribution in [2.45, 2.75) is 6.10 Å². The van der Waals surface area contributed by atoms with Crippen LogP contribution in [0.1, 0.15) is 0 Å². The summed E-state index contributed by atoms with van der Waals surface area (Å²) in [4.78, 5) is 24.1. The van der Waals surface area contributed by atoms with Gasteiger partial charge in [-0.2, -0.15) is 0 Å². The van der Waals surface area contributed by atoms with Crippen LogP contribution in [-0.4, -0.2) is 42.1 Å². The molecule has 3 aromatic rings. The number of hydrogen-bond acceptors (Lipinski definition) is 7. The summed E-state index contributed by atoms with van der Waals surface area (Å²) in [5, 5.41) is 19.0. The number of fused-ring (bicyclic) bond motifs is 2. The quantitative estimate of drug-likeness (QED) is 0.513. The van der Waals surface area contributed by atoms with Crippen LogP contribution in [-0.2, 0) is 9.53 Å². The van der Waals surface area contributed by atoms with Crippen molar-refractivity contribution in [3.05, 3.63) is 52.7 Å². The molecule has 1 heterocycles. The van der Waals surface area contributed by atoms with Crippen molar-refractivity contribution in [3.63, 3.8) is 0 Å². The van der Waals surface area contributed by atoms with Crippen molar-refractivity contribution in [3.8, 4) is 5.75 Å². The maximum Gasteiger partial charge on any atom is 0.344 e. The van der Waals surface area contributed by atoms with Crippen molar-refractivity contribution >= 4 is 37.5 Å². The van der Waals surface area contributed by atoms with E-state index in [0.717, 1.165) is 9.40 Å². The fourth-order valence-corrected chi connectivity index (χ4v) is 3.35. The zero-order valence-electron chi connectivity index (χ0n) is 13.2. The number of carbonyl (C=O) groups excluding carboxylic acids is 1. The number of carbonyl (C=O) groups is 1. The number of hydrogen-bond donors (Lipinski definition) is 2. The van der Waals surface area contributed by atoms with E-state index in [0.29, 0.717) is 16.5 Å². The first-order chi connectivity index (χ1) is 12.1. The Kier molecular flexibility index (Phi) is 5.28. The lowest BCUT2D eigenvalue weighted by Gasteiger charge is -2.10. The summed E-state index contributed by atoms with van der Waals surface area (Å²) >= 11 is 1.51. The zero-order chi connectivity index (χ0) is 17.8. The third kappa shape index (κ3) is 3.96. The summed E-state index contributed by atoms with van der Waals surface area (Å²) in [7, 11) is 0. The van der Waals surface area contributed by atoms with E-state index in [2.05, 4.69) is 0 Å². The summed E-state index contributed by atoms with van der Waals surface area (Å²) in [6, 6.07) is 12.5. The molecule has 0 saturated heterocycles. The minimum absolute atomic E-state index is 0.0801. The highest BCUT2D eigenvalue weighted by atomic mass is 32.1. The molecule has 1 unspecified atom stereocenters. The van der Waals surface area contributed by atoms with Gasteiger partial charge in [0.1, 0.15) is 18.5 Å². The van der Waals surface area contributed by atoms with Crippen LogP contribution in [0.3, 0.4) is 0 Å². The minimum Gasteiger partial charge on any atom is -0.482 e. The maximum absolute atomic E-state index is 12.6. The molecule has 0 radical (unpaired) electrons. The van der Waals surface area contributed by atoms with Gasteiger partial charge < -0.3 is 19.7 Å². The molecule has 1 atom stereocenters. The van der Waals surface area contributed by atoms with Crippen LogP contribution in [0.2, 0.25) is 0 Å². The summed E-state index contributed by atoms with van der Waals surface area (Å²) in [6.07, 6.45) is -1.11. The summed E-state index contributed by atoms with van der Waals surface area (Å²) < 4.78 is 11.9. The Bertz CT molecular complexity index is 965. The number of rotatable bonds is 6. The van der Waals surface area contributed by atoms with Gasteiger partial charge in [0.15, 0.2) is 12.0 Å².